The normalized spacial score (nSPS) is 12.5. The SMILES string of the molecule is C[C@@H](O)[C@H](NC(=O)OCc1ccc(NC(=O)Cc2ccc(F)cc2)cc1)C(=O)O. The highest BCUT2D eigenvalue weighted by Gasteiger charge is 2.25. The summed E-state index contributed by atoms with van der Waals surface area (Å²) < 4.78 is 17.8. The van der Waals surface area contributed by atoms with Crippen LogP contribution in [0.1, 0.15) is 18.1 Å². The second-order valence-corrected chi connectivity index (χ2v) is 6.33. The van der Waals surface area contributed by atoms with Crippen LogP contribution in [0.4, 0.5) is 14.9 Å². The summed E-state index contributed by atoms with van der Waals surface area (Å²) in [6, 6.07) is 10.7. The van der Waals surface area contributed by atoms with Crippen LogP contribution in [-0.4, -0.2) is 40.3 Å². The van der Waals surface area contributed by atoms with E-state index in [1.54, 1.807) is 24.3 Å². The van der Waals surface area contributed by atoms with Gasteiger partial charge < -0.3 is 25.6 Å². The summed E-state index contributed by atoms with van der Waals surface area (Å²) in [6.07, 6.45) is -2.16. The van der Waals surface area contributed by atoms with E-state index in [-0.39, 0.29) is 24.8 Å². The minimum Gasteiger partial charge on any atom is -0.480 e. The molecule has 0 spiro atoms. The number of hydrogen-bond donors (Lipinski definition) is 4. The topological polar surface area (TPSA) is 125 Å². The molecular formula is C20H21FN2O6. The van der Waals surface area contributed by atoms with Crippen molar-refractivity contribution in [1.29, 1.82) is 0 Å². The molecular weight excluding hydrogens is 383 g/mol. The number of hydrogen-bond acceptors (Lipinski definition) is 5. The first-order chi connectivity index (χ1) is 13.7. The van der Waals surface area contributed by atoms with Crippen molar-refractivity contribution in [3.05, 3.63) is 65.5 Å². The van der Waals surface area contributed by atoms with Crippen molar-refractivity contribution >= 4 is 23.7 Å². The summed E-state index contributed by atoms with van der Waals surface area (Å²) in [4.78, 5) is 34.6. The molecule has 0 bridgehead atoms. The van der Waals surface area contributed by atoms with E-state index in [0.717, 1.165) is 0 Å². The van der Waals surface area contributed by atoms with Gasteiger partial charge in [0.15, 0.2) is 6.04 Å². The van der Waals surface area contributed by atoms with E-state index < -0.39 is 24.2 Å². The van der Waals surface area contributed by atoms with Crippen molar-refractivity contribution < 1.29 is 33.7 Å². The molecule has 2 atom stereocenters. The number of aliphatic hydroxyl groups is 1. The maximum atomic E-state index is 12.9. The molecule has 0 aliphatic carbocycles. The lowest BCUT2D eigenvalue weighted by Gasteiger charge is -2.16. The number of carbonyl (C=O) groups excluding carboxylic acids is 2. The summed E-state index contributed by atoms with van der Waals surface area (Å²) in [5.41, 5.74) is 1.82. The van der Waals surface area contributed by atoms with Crippen molar-refractivity contribution in [1.82, 2.24) is 5.32 Å². The van der Waals surface area contributed by atoms with Crippen molar-refractivity contribution in [2.45, 2.75) is 32.1 Å². The van der Waals surface area contributed by atoms with Crippen molar-refractivity contribution in [2.75, 3.05) is 5.32 Å². The Labute approximate surface area is 166 Å². The number of aliphatic carboxylic acids is 1. The van der Waals surface area contributed by atoms with E-state index >= 15 is 0 Å². The summed E-state index contributed by atoms with van der Waals surface area (Å²) in [7, 11) is 0. The maximum absolute atomic E-state index is 12.9. The second-order valence-electron chi connectivity index (χ2n) is 6.33. The fraction of sp³-hybridized carbons (Fsp3) is 0.250. The zero-order chi connectivity index (χ0) is 21.4. The Bertz CT molecular complexity index is 852. The van der Waals surface area contributed by atoms with Crippen LogP contribution in [0.25, 0.3) is 0 Å². The molecule has 0 unspecified atom stereocenters. The third kappa shape index (κ3) is 7.23. The molecule has 154 valence electrons. The number of nitrogens with one attached hydrogen (secondary N) is 2. The van der Waals surface area contributed by atoms with Gasteiger partial charge in [-0.05, 0) is 42.3 Å². The van der Waals surface area contributed by atoms with Gasteiger partial charge in [0, 0.05) is 5.69 Å². The first-order valence-electron chi connectivity index (χ1n) is 8.72. The van der Waals surface area contributed by atoms with Gasteiger partial charge >= 0.3 is 12.1 Å². The number of ether oxygens (including phenoxy) is 1. The Hall–Kier alpha value is -3.46. The minimum absolute atomic E-state index is 0.0966. The highest BCUT2D eigenvalue weighted by Crippen LogP contribution is 2.12. The number of carboxylic acid groups (broad SMARTS) is 1. The molecule has 0 saturated carbocycles. The summed E-state index contributed by atoms with van der Waals surface area (Å²) >= 11 is 0. The van der Waals surface area contributed by atoms with Crippen LogP contribution >= 0.6 is 0 Å². The lowest BCUT2D eigenvalue weighted by molar-refractivity contribution is -0.142. The summed E-state index contributed by atoms with van der Waals surface area (Å²) in [5.74, 6) is -2.01. The Morgan fingerprint density at radius 2 is 1.62 bits per heavy atom. The van der Waals surface area contributed by atoms with Gasteiger partial charge in [-0.25, -0.2) is 14.0 Å². The Kier molecular flexibility index (Phi) is 7.67. The molecule has 29 heavy (non-hydrogen) atoms. The van der Waals surface area contributed by atoms with E-state index in [4.69, 9.17) is 9.84 Å². The van der Waals surface area contributed by atoms with E-state index in [2.05, 4.69) is 10.6 Å². The van der Waals surface area contributed by atoms with Gasteiger partial charge in [-0.2, -0.15) is 0 Å². The van der Waals surface area contributed by atoms with Crippen LogP contribution in [0.15, 0.2) is 48.5 Å². The molecule has 0 heterocycles. The quantitative estimate of drug-likeness (QED) is 0.534. The lowest BCUT2D eigenvalue weighted by atomic mass is 10.1. The third-order valence-electron chi connectivity index (χ3n) is 3.91. The molecule has 0 aliphatic rings. The van der Waals surface area contributed by atoms with Crippen LogP contribution in [0, 0.1) is 5.82 Å². The average Bonchev–Trinajstić information content (AvgIpc) is 2.67. The molecule has 0 aliphatic heterocycles. The largest absolute Gasteiger partial charge is 0.480 e. The Balaban J connectivity index is 1.82. The van der Waals surface area contributed by atoms with Gasteiger partial charge in [0.2, 0.25) is 5.91 Å². The number of carboxylic acids is 1. The monoisotopic (exact) mass is 404 g/mol. The standard InChI is InChI=1S/C20H21FN2O6/c1-12(24)18(19(26)27)23-20(28)29-11-14-4-8-16(9-5-14)22-17(25)10-13-2-6-15(21)7-3-13/h2-9,12,18,24H,10-11H2,1H3,(H,22,25)(H,23,28)(H,26,27)/t12-,18+/m1/s1. The van der Waals surface area contributed by atoms with Crippen LogP contribution in [0.2, 0.25) is 0 Å². The van der Waals surface area contributed by atoms with Gasteiger partial charge in [-0.3, -0.25) is 4.79 Å². The van der Waals surface area contributed by atoms with Crippen molar-refractivity contribution in [2.24, 2.45) is 0 Å². The van der Waals surface area contributed by atoms with Gasteiger partial charge in [0.1, 0.15) is 12.4 Å². The predicted octanol–water partition coefficient (Wildman–Crippen LogP) is 2.07. The van der Waals surface area contributed by atoms with Crippen LogP contribution < -0.4 is 10.6 Å². The van der Waals surface area contributed by atoms with Crippen molar-refractivity contribution in [3.63, 3.8) is 0 Å². The molecule has 2 rings (SSSR count). The number of rotatable bonds is 8. The molecule has 4 N–H and O–H groups in total. The number of carbonyl (C=O) groups is 3. The Morgan fingerprint density at radius 1 is 1.03 bits per heavy atom. The zero-order valence-corrected chi connectivity index (χ0v) is 15.6. The van der Waals surface area contributed by atoms with Crippen LogP contribution in [0.3, 0.4) is 0 Å². The van der Waals surface area contributed by atoms with Gasteiger partial charge in [-0.15, -0.1) is 0 Å². The fourth-order valence-corrected chi connectivity index (χ4v) is 2.38. The second kappa shape index (κ2) is 10.2. The number of alkyl carbamates (subject to hydrolysis) is 1. The number of aliphatic hydroxyl groups excluding tert-OH is 1. The predicted molar refractivity (Wildman–Crippen MR) is 102 cm³/mol. The van der Waals surface area contributed by atoms with E-state index in [9.17, 15) is 23.9 Å². The number of benzene rings is 2. The smallest absolute Gasteiger partial charge is 0.408 e. The molecule has 0 radical (unpaired) electrons. The minimum atomic E-state index is -1.47. The maximum Gasteiger partial charge on any atom is 0.408 e. The van der Waals surface area contributed by atoms with Gasteiger partial charge in [0.25, 0.3) is 0 Å². The van der Waals surface area contributed by atoms with E-state index in [1.807, 2.05) is 0 Å². The molecule has 2 aromatic carbocycles. The molecule has 0 saturated heterocycles. The number of halogens is 1. The number of anilines is 1. The van der Waals surface area contributed by atoms with Gasteiger partial charge in [0.05, 0.1) is 12.5 Å². The van der Waals surface area contributed by atoms with E-state index in [0.29, 0.717) is 16.8 Å². The molecule has 9 heteroatoms. The molecule has 2 aromatic rings. The summed E-state index contributed by atoms with van der Waals surface area (Å²) in [6.45, 7) is 1.12. The Morgan fingerprint density at radius 3 is 2.17 bits per heavy atom. The average molecular weight is 404 g/mol. The summed E-state index contributed by atoms with van der Waals surface area (Å²) in [5, 5.41) is 23.0. The first-order valence-corrected chi connectivity index (χ1v) is 8.72. The van der Waals surface area contributed by atoms with Crippen LogP contribution in [0.5, 0.6) is 0 Å². The highest BCUT2D eigenvalue weighted by molar-refractivity contribution is 5.92. The highest BCUT2D eigenvalue weighted by atomic mass is 19.1. The van der Waals surface area contributed by atoms with E-state index in [1.165, 1.54) is 31.2 Å². The molecule has 2 amide bonds. The van der Waals surface area contributed by atoms with Crippen molar-refractivity contribution in [3.8, 4) is 0 Å². The molecule has 0 fully saturated rings. The number of amides is 2. The first kappa shape index (κ1) is 21.8. The zero-order valence-electron chi connectivity index (χ0n) is 15.6. The third-order valence-corrected chi connectivity index (χ3v) is 3.91. The van der Waals surface area contributed by atoms with Gasteiger partial charge in [-0.1, -0.05) is 24.3 Å². The fourth-order valence-electron chi connectivity index (χ4n) is 2.38. The molecule has 8 nitrogen and oxygen atoms in total. The van der Waals surface area contributed by atoms with Crippen LogP contribution in [-0.2, 0) is 27.4 Å². The molecule has 0 aromatic heterocycles. The lowest BCUT2D eigenvalue weighted by Crippen LogP contribution is -2.47.